The Morgan fingerprint density at radius 2 is 1.52 bits per heavy atom. The van der Waals surface area contributed by atoms with E-state index in [1.165, 1.54) is 11.3 Å². The van der Waals surface area contributed by atoms with Crippen molar-refractivity contribution in [1.29, 1.82) is 5.26 Å². The van der Waals surface area contributed by atoms with Gasteiger partial charge in [0.05, 0.1) is 18.0 Å². The molecule has 1 aromatic carbocycles. The molecule has 1 aliphatic heterocycles. The van der Waals surface area contributed by atoms with Gasteiger partial charge in [-0.3, -0.25) is 0 Å². The number of nitrogens with zero attached hydrogens (tertiary/aromatic N) is 5. The first-order valence-electron chi connectivity index (χ1n) is 7.05. The number of hydrogen-bond acceptors (Lipinski definition) is 5. The smallest absolute Gasteiger partial charge is 0.225 e. The molecule has 2 heterocycles. The highest BCUT2D eigenvalue weighted by Gasteiger charge is 2.19. The molecule has 0 unspecified atom stereocenters. The summed E-state index contributed by atoms with van der Waals surface area (Å²) in [5.41, 5.74) is 3.04. The van der Waals surface area contributed by atoms with E-state index < -0.39 is 0 Å². The third kappa shape index (κ3) is 2.95. The van der Waals surface area contributed by atoms with Gasteiger partial charge < -0.3 is 9.80 Å². The first kappa shape index (κ1) is 13.4. The zero-order valence-electron chi connectivity index (χ0n) is 12.0. The molecule has 0 aliphatic carbocycles. The first-order chi connectivity index (χ1) is 10.3. The summed E-state index contributed by atoms with van der Waals surface area (Å²) in [4.78, 5) is 13.0. The summed E-state index contributed by atoms with van der Waals surface area (Å²) in [6.07, 6.45) is 3.16. The van der Waals surface area contributed by atoms with E-state index in [0.29, 0.717) is 11.5 Å². The largest absolute Gasteiger partial charge is 0.368 e. The van der Waals surface area contributed by atoms with E-state index in [-0.39, 0.29) is 0 Å². The summed E-state index contributed by atoms with van der Waals surface area (Å²) in [5, 5.41) is 8.77. The zero-order valence-corrected chi connectivity index (χ0v) is 12.0. The molecule has 21 heavy (non-hydrogen) atoms. The molecule has 5 heteroatoms. The predicted octanol–water partition coefficient (Wildman–Crippen LogP) is 1.98. The van der Waals surface area contributed by atoms with E-state index in [0.717, 1.165) is 26.2 Å². The molecule has 0 atom stereocenters. The second-order valence-corrected chi connectivity index (χ2v) is 5.19. The van der Waals surface area contributed by atoms with E-state index in [4.69, 9.17) is 5.26 Å². The first-order valence-corrected chi connectivity index (χ1v) is 7.05. The molecule has 106 valence electrons. The Kier molecular flexibility index (Phi) is 3.69. The van der Waals surface area contributed by atoms with Crippen molar-refractivity contribution in [3.63, 3.8) is 0 Å². The van der Waals surface area contributed by atoms with Crippen molar-refractivity contribution in [3.8, 4) is 6.07 Å². The lowest BCUT2D eigenvalue weighted by Gasteiger charge is -2.36. The summed E-state index contributed by atoms with van der Waals surface area (Å²) in [5.74, 6) is 0.706. The van der Waals surface area contributed by atoms with Crippen molar-refractivity contribution in [2.45, 2.75) is 6.92 Å². The normalized spacial score (nSPS) is 14.9. The molecule has 3 rings (SSSR count). The lowest BCUT2D eigenvalue weighted by Crippen LogP contribution is -2.47. The van der Waals surface area contributed by atoms with Crippen LogP contribution in [0.5, 0.6) is 0 Å². The minimum atomic E-state index is 0.497. The van der Waals surface area contributed by atoms with E-state index in [1.54, 1.807) is 12.4 Å². The highest BCUT2D eigenvalue weighted by atomic mass is 15.3. The minimum Gasteiger partial charge on any atom is -0.368 e. The summed E-state index contributed by atoms with van der Waals surface area (Å²) in [6.45, 7) is 5.78. The Balaban J connectivity index is 1.64. The number of anilines is 2. The third-order valence-corrected chi connectivity index (χ3v) is 3.73. The highest BCUT2D eigenvalue weighted by Crippen LogP contribution is 2.18. The molecular weight excluding hydrogens is 262 g/mol. The van der Waals surface area contributed by atoms with Crippen molar-refractivity contribution >= 4 is 11.6 Å². The van der Waals surface area contributed by atoms with Crippen molar-refractivity contribution in [2.75, 3.05) is 36.0 Å². The maximum atomic E-state index is 8.77. The van der Waals surface area contributed by atoms with Crippen molar-refractivity contribution in [1.82, 2.24) is 9.97 Å². The molecule has 2 aromatic rings. The fourth-order valence-corrected chi connectivity index (χ4v) is 2.46. The van der Waals surface area contributed by atoms with Gasteiger partial charge >= 0.3 is 0 Å². The number of rotatable bonds is 2. The third-order valence-electron chi connectivity index (χ3n) is 3.73. The number of benzene rings is 1. The van der Waals surface area contributed by atoms with Gasteiger partial charge in [-0.1, -0.05) is 17.7 Å². The number of hydrogen-bond donors (Lipinski definition) is 0. The molecule has 1 aliphatic rings. The maximum Gasteiger partial charge on any atom is 0.225 e. The van der Waals surface area contributed by atoms with Crippen molar-refractivity contribution in [3.05, 3.63) is 47.8 Å². The van der Waals surface area contributed by atoms with Gasteiger partial charge in [-0.2, -0.15) is 5.26 Å². The molecule has 0 N–H and O–H groups in total. The van der Waals surface area contributed by atoms with Crippen LogP contribution in [-0.4, -0.2) is 36.1 Å². The summed E-state index contributed by atoms with van der Waals surface area (Å²) >= 11 is 0. The van der Waals surface area contributed by atoms with Crippen LogP contribution < -0.4 is 9.80 Å². The summed E-state index contributed by atoms with van der Waals surface area (Å²) < 4.78 is 0. The van der Waals surface area contributed by atoms with Crippen molar-refractivity contribution in [2.24, 2.45) is 0 Å². The second kappa shape index (κ2) is 5.80. The molecule has 1 saturated heterocycles. The Hall–Kier alpha value is -2.61. The maximum absolute atomic E-state index is 8.77. The van der Waals surface area contributed by atoms with Crippen molar-refractivity contribution < 1.29 is 0 Å². The fourth-order valence-electron chi connectivity index (χ4n) is 2.46. The van der Waals surface area contributed by atoms with Gasteiger partial charge in [-0.15, -0.1) is 0 Å². The van der Waals surface area contributed by atoms with Crippen LogP contribution in [0.4, 0.5) is 11.6 Å². The zero-order chi connectivity index (χ0) is 14.7. The molecule has 0 spiro atoms. The van der Waals surface area contributed by atoms with Gasteiger partial charge in [0, 0.05) is 31.9 Å². The Morgan fingerprint density at radius 1 is 0.952 bits per heavy atom. The summed E-state index contributed by atoms with van der Waals surface area (Å²) in [6, 6.07) is 10.7. The van der Waals surface area contributed by atoms with E-state index in [2.05, 4.69) is 51.0 Å². The van der Waals surface area contributed by atoms with Gasteiger partial charge in [0.25, 0.3) is 0 Å². The molecule has 1 fully saturated rings. The van der Waals surface area contributed by atoms with Gasteiger partial charge in [0.15, 0.2) is 0 Å². The average Bonchev–Trinajstić information content (AvgIpc) is 2.56. The average molecular weight is 279 g/mol. The van der Waals surface area contributed by atoms with Crippen LogP contribution in [0.1, 0.15) is 11.1 Å². The van der Waals surface area contributed by atoms with Crippen LogP contribution in [0, 0.1) is 18.3 Å². The minimum absolute atomic E-state index is 0.497. The molecule has 0 amide bonds. The van der Waals surface area contributed by atoms with E-state index in [9.17, 15) is 0 Å². The van der Waals surface area contributed by atoms with Gasteiger partial charge in [0.1, 0.15) is 6.07 Å². The molecule has 1 aromatic heterocycles. The number of aromatic nitrogens is 2. The molecular formula is C16H17N5. The van der Waals surface area contributed by atoms with E-state index in [1.807, 2.05) is 6.07 Å². The standard InChI is InChI=1S/C16H17N5/c1-13-2-4-15(5-3-13)20-6-8-21(9-7-20)16-18-11-14(10-17)12-19-16/h2-5,11-12H,6-9H2,1H3. The topological polar surface area (TPSA) is 56.0 Å². The molecule has 0 radical (unpaired) electrons. The van der Waals surface area contributed by atoms with Crippen LogP contribution in [0.25, 0.3) is 0 Å². The Morgan fingerprint density at radius 3 is 2.10 bits per heavy atom. The van der Waals surface area contributed by atoms with Gasteiger partial charge in [-0.05, 0) is 19.1 Å². The SMILES string of the molecule is Cc1ccc(N2CCN(c3ncc(C#N)cn3)CC2)cc1. The second-order valence-electron chi connectivity index (χ2n) is 5.19. The predicted molar refractivity (Wildman–Crippen MR) is 82.4 cm³/mol. The number of aryl methyl sites for hydroxylation is 1. The quantitative estimate of drug-likeness (QED) is 0.841. The molecule has 0 bridgehead atoms. The van der Waals surface area contributed by atoms with Crippen LogP contribution in [-0.2, 0) is 0 Å². The van der Waals surface area contributed by atoms with Crippen LogP contribution in [0.3, 0.4) is 0 Å². The monoisotopic (exact) mass is 279 g/mol. The number of piperazine rings is 1. The molecule has 5 nitrogen and oxygen atoms in total. The van der Waals surface area contributed by atoms with Crippen LogP contribution >= 0.6 is 0 Å². The lowest BCUT2D eigenvalue weighted by atomic mass is 10.2. The lowest BCUT2D eigenvalue weighted by molar-refractivity contribution is 0.640. The molecule has 0 saturated carbocycles. The van der Waals surface area contributed by atoms with Crippen LogP contribution in [0.15, 0.2) is 36.7 Å². The van der Waals surface area contributed by atoms with Gasteiger partial charge in [0.2, 0.25) is 5.95 Å². The van der Waals surface area contributed by atoms with Gasteiger partial charge in [-0.25, -0.2) is 9.97 Å². The Labute approximate surface area is 124 Å². The summed E-state index contributed by atoms with van der Waals surface area (Å²) in [7, 11) is 0. The van der Waals surface area contributed by atoms with Crippen LogP contribution in [0.2, 0.25) is 0 Å². The fraction of sp³-hybridized carbons (Fsp3) is 0.312. The van der Waals surface area contributed by atoms with E-state index >= 15 is 0 Å². The number of nitriles is 1. The highest BCUT2D eigenvalue weighted by molar-refractivity contribution is 5.49. The Bertz CT molecular complexity index is 634.